The van der Waals surface area contributed by atoms with Crippen LogP contribution in [0.1, 0.15) is 37.7 Å². The third kappa shape index (κ3) is 3.56. The molecule has 0 radical (unpaired) electrons. The lowest BCUT2D eigenvalue weighted by Crippen LogP contribution is -2.36. The molecule has 10 heteroatoms. The number of nitrogens with zero attached hydrogens (tertiary/aromatic N) is 7. The second-order valence-electron chi connectivity index (χ2n) is 6.57. The molecule has 27 heavy (non-hydrogen) atoms. The fraction of sp³-hybridized carbons (Fsp3) is 0.412. The van der Waals surface area contributed by atoms with Gasteiger partial charge in [-0.2, -0.15) is 5.10 Å². The highest BCUT2D eigenvalue weighted by Gasteiger charge is 2.27. The highest BCUT2D eigenvalue weighted by molar-refractivity contribution is 5.55. The minimum atomic E-state index is -0.436. The van der Waals surface area contributed by atoms with Crippen LogP contribution in [0.2, 0.25) is 0 Å². The summed E-state index contributed by atoms with van der Waals surface area (Å²) in [4.78, 5) is 16.6. The molecule has 0 bridgehead atoms. The van der Waals surface area contributed by atoms with Crippen LogP contribution >= 0.6 is 0 Å². The van der Waals surface area contributed by atoms with Crippen LogP contribution in [0.15, 0.2) is 41.3 Å². The molecular weight excluding hydrogens is 350 g/mol. The van der Waals surface area contributed by atoms with Gasteiger partial charge in [0.05, 0.1) is 17.0 Å². The average molecular weight is 369 g/mol. The lowest BCUT2D eigenvalue weighted by atomic mass is 10.0. The molecule has 1 saturated heterocycles. The molecule has 3 heterocycles. The van der Waals surface area contributed by atoms with Crippen molar-refractivity contribution in [3.8, 4) is 11.5 Å². The van der Waals surface area contributed by atoms with Gasteiger partial charge >= 0.3 is 0 Å². The molecule has 0 N–H and O–H groups in total. The Morgan fingerprint density at radius 1 is 1.22 bits per heavy atom. The number of aromatic nitrogens is 5. The number of non-ortho nitro benzene ring substituents is 1. The second kappa shape index (κ2) is 7.23. The van der Waals surface area contributed by atoms with Crippen LogP contribution in [0.4, 0.5) is 5.69 Å². The Hall–Kier alpha value is -3.14. The predicted octanol–water partition coefficient (Wildman–Crippen LogP) is 2.63. The Morgan fingerprint density at radius 2 is 1.96 bits per heavy atom. The van der Waals surface area contributed by atoms with E-state index in [0.717, 1.165) is 25.9 Å². The number of hydrogen-bond acceptors (Lipinski definition) is 8. The summed E-state index contributed by atoms with van der Waals surface area (Å²) in [7, 11) is 0. The van der Waals surface area contributed by atoms with Crippen LogP contribution in [-0.4, -0.2) is 47.9 Å². The summed E-state index contributed by atoms with van der Waals surface area (Å²) in [6, 6.07) is 6.46. The molecule has 1 atom stereocenters. The Morgan fingerprint density at radius 3 is 2.59 bits per heavy atom. The number of likely N-dealkylation sites (tertiary alicyclic amines) is 1. The highest BCUT2D eigenvalue weighted by atomic mass is 16.6. The fourth-order valence-electron chi connectivity index (χ4n) is 3.35. The average Bonchev–Trinajstić information content (AvgIpc) is 3.40. The highest BCUT2D eigenvalue weighted by Crippen LogP contribution is 2.29. The van der Waals surface area contributed by atoms with Gasteiger partial charge in [0.1, 0.15) is 12.7 Å². The quantitative estimate of drug-likeness (QED) is 0.498. The molecule has 1 aliphatic rings. The van der Waals surface area contributed by atoms with E-state index < -0.39 is 4.92 Å². The molecule has 0 aliphatic carbocycles. The van der Waals surface area contributed by atoms with Gasteiger partial charge in [0.25, 0.3) is 5.69 Å². The summed E-state index contributed by atoms with van der Waals surface area (Å²) < 4.78 is 7.74. The Balaban J connectivity index is 1.41. The second-order valence-corrected chi connectivity index (χ2v) is 6.57. The van der Waals surface area contributed by atoms with E-state index in [2.05, 4.69) is 25.2 Å². The van der Waals surface area contributed by atoms with Gasteiger partial charge < -0.3 is 4.42 Å². The van der Waals surface area contributed by atoms with E-state index in [4.69, 9.17) is 4.42 Å². The van der Waals surface area contributed by atoms with Crippen LogP contribution in [0, 0.1) is 10.1 Å². The molecule has 0 saturated carbocycles. The predicted molar refractivity (Wildman–Crippen MR) is 94.7 cm³/mol. The molecule has 4 rings (SSSR count). The number of nitro benzene ring substituents is 1. The molecule has 3 aromatic rings. The molecule has 2 aromatic heterocycles. The summed E-state index contributed by atoms with van der Waals surface area (Å²) in [6.45, 7) is 3.85. The van der Waals surface area contributed by atoms with E-state index in [1.165, 1.54) is 12.1 Å². The summed E-state index contributed by atoms with van der Waals surface area (Å²) in [5.41, 5.74) is 0.693. The van der Waals surface area contributed by atoms with Crippen LogP contribution in [0.25, 0.3) is 11.5 Å². The van der Waals surface area contributed by atoms with Gasteiger partial charge in [-0.3, -0.25) is 15.0 Å². The molecule has 140 valence electrons. The Labute approximate surface area is 155 Å². The van der Waals surface area contributed by atoms with Crippen LogP contribution < -0.4 is 0 Å². The Kier molecular flexibility index (Phi) is 4.63. The van der Waals surface area contributed by atoms with Crippen molar-refractivity contribution in [1.82, 2.24) is 29.9 Å². The van der Waals surface area contributed by atoms with E-state index in [-0.39, 0.29) is 11.7 Å². The first-order valence-corrected chi connectivity index (χ1v) is 8.78. The first kappa shape index (κ1) is 17.3. The molecule has 0 spiro atoms. The number of rotatable bonds is 5. The molecule has 1 fully saturated rings. The first-order valence-electron chi connectivity index (χ1n) is 8.78. The van der Waals surface area contributed by atoms with Gasteiger partial charge in [-0.05, 0) is 31.9 Å². The van der Waals surface area contributed by atoms with Crippen molar-refractivity contribution in [3.63, 3.8) is 0 Å². The SMILES string of the molecule is CC(c1nnc(-c2ccc([N+](=O)[O-])cc2)o1)N1CCC(n2cncn2)CC1. The van der Waals surface area contributed by atoms with Gasteiger partial charge in [0, 0.05) is 30.8 Å². The maximum atomic E-state index is 10.8. The summed E-state index contributed by atoms with van der Waals surface area (Å²) in [6.07, 6.45) is 5.29. The lowest BCUT2D eigenvalue weighted by molar-refractivity contribution is -0.384. The number of benzene rings is 1. The molecule has 0 amide bonds. The molecular formula is C17H19N7O3. The smallest absolute Gasteiger partial charge is 0.269 e. The van der Waals surface area contributed by atoms with Gasteiger partial charge in [-0.15, -0.1) is 10.2 Å². The van der Waals surface area contributed by atoms with Crippen molar-refractivity contribution < 1.29 is 9.34 Å². The van der Waals surface area contributed by atoms with Crippen molar-refractivity contribution in [2.45, 2.75) is 31.8 Å². The molecule has 1 unspecified atom stereocenters. The molecule has 1 aliphatic heterocycles. The van der Waals surface area contributed by atoms with Crippen molar-refractivity contribution in [2.24, 2.45) is 0 Å². The normalized spacial score (nSPS) is 17.1. The molecule has 10 nitrogen and oxygen atoms in total. The van der Waals surface area contributed by atoms with Gasteiger partial charge in [-0.1, -0.05) is 0 Å². The summed E-state index contributed by atoms with van der Waals surface area (Å²) >= 11 is 0. The van der Waals surface area contributed by atoms with Gasteiger partial charge in [-0.25, -0.2) is 9.67 Å². The fourth-order valence-corrected chi connectivity index (χ4v) is 3.35. The zero-order valence-corrected chi connectivity index (χ0v) is 14.8. The third-order valence-electron chi connectivity index (χ3n) is 4.98. The van der Waals surface area contributed by atoms with Crippen molar-refractivity contribution in [1.29, 1.82) is 0 Å². The minimum Gasteiger partial charge on any atom is -0.419 e. The summed E-state index contributed by atoms with van der Waals surface area (Å²) in [5.74, 6) is 0.909. The maximum Gasteiger partial charge on any atom is 0.269 e. The zero-order chi connectivity index (χ0) is 18.8. The molecule has 1 aromatic carbocycles. The van der Waals surface area contributed by atoms with E-state index in [9.17, 15) is 10.1 Å². The summed E-state index contributed by atoms with van der Waals surface area (Å²) in [5, 5.41) is 23.3. The van der Waals surface area contributed by atoms with Gasteiger partial charge in [0.2, 0.25) is 11.8 Å². The van der Waals surface area contributed by atoms with Crippen molar-refractivity contribution >= 4 is 5.69 Å². The number of piperidine rings is 1. The van der Waals surface area contributed by atoms with E-state index in [1.54, 1.807) is 24.8 Å². The third-order valence-corrected chi connectivity index (χ3v) is 4.98. The van der Waals surface area contributed by atoms with E-state index in [0.29, 0.717) is 23.4 Å². The van der Waals surface area contributed by atoms with Crippen LogP contribution in [-0.2, 0) is 0 Å². The van der Waals surface area contributed by atoms with E-state index in [1.807, 2.05) is 11.6 Å². The zero-order valence-electron chi connectivity index (χ0n) is 14.8. The topological polar surface area (TPSA) is 116 Å². The Bertz CT molecular complexity index is 899. The minimum absolute atomic E-state index is 0.000921. The standard InChI is InChI=1S/C17H19N7O3/c1-12(22-8-6-14(7-9-22)23-11-18-10-19-23)16-20-21-17(27-16)13-2-4-15(5-3-13)24(25)26/h2-5,10-12,14H,6-9H2,1H3. The number of nitro groups is 1. The first-order chi connectivity index (χ1) is 13.1. The van der Waals surface area contributed by atoms with Crippen molar-refractivity contribution in [3.05, 3.63) is 52.9 Å². The van der Waals surface area contributed by atoms with Crippen molar-refractivity contribution in [2.75, 3.05) is 13.1 Å². The van der Waals surface area contributed by atoms with Crippen LogP contribution in [0.5, 0.6) is 0 Å². The number of hydrogen-bond donors (Lipinski definition) is 0. The largest absolute Gasteiger partial charge is 0.419 e. The van der Waals surface area contributed by atoms with Crippen LogP contribution in [0.3, 0.4) is 0 Å². The monoisotopic (exact) mass is 369 g/mol. The maximum absolute atomic E-state index is 10.8. The van der Waals surface area contributed by atoms with E-state index >= 15 is 0 Å². The van der Waals surface area contributed by atoms with Gasteiger partial charge in [0.15, 0.2) is 0 Å². The lowest BCUT2D eigenvalue weighted by Gasteiger charge is -2.34.